The maximum Gasteiger partial charge on any atom is 0.0921 e. The standard InChI is InChI=1S/C12H18N4/c1-2-16-7-3-4-12(16)9-13-6-5-11-8-14-10-15-11/h3-4,7-8,10,13H,2,5-6,9H2,1H3,(H,14,15). The minimum atomic E-state index is 0.926. The summed E-state index contributed by atoms with van der Waals surface area (Å²) in [5.41, 5.74) is 2.52. The van der Waals surface area contributed by atoms with E-state index < -0.39 is 0 Å². The normalized spacial score (nSPS) is 10.8. The van der Waals surface area contributed by atoms with Gasteiger partial charge in [-0.3, -0.25) is 0 Å². The maximum absolute atomic E-state index is 3.99. The summed E-state index contributed by atoms with van der Waals surface area (Å²) in [6.07, 6.45) is 6.70. The molecule has 2 N–H and O–H groups in total. The average molecular weight is 218 g/mol. The second kappa shape index (κ2) is 5.51. The summed E-state index contributed by atoms with van der Waals surface area (Å²) in [4.78, 5) is 7.09. The van der Waals surface area contributed by atoms with Crippen molar-refractivity contribution in [2.24, 2.45) is 0 Å². The Labute approximate surface area is 95.7 Å². The first-order valence-corrected chi connectivity index (χ1v) is 5.72. The molecule has 0 radical (unpaired) electrons. The Balaban J connectivity index is 1.72. The topological polar surface area (TPSA) is 45.6 Å². The zero-order valence-corrected chi connectivity index (χ0v) is 9.61. The number of aromatic amines is 1. The van der Waals surface area contributed by atoms with E-state index in [2.05, 4.69) is 45.1 Å². The summed E-state index contributed by atoms with van der Waals surface area (Å²) >= 11 is 0. The van der Waals surface area contributed by atoms with E-state index in [1.807, 2.05) is 6.20 Å². The summed E-state index contributed by atoms with van der Waals surface area (Å²) in [5.74, 6) is 0. The lowest BCUT2D eigenvalue weighted by Gasteiger charge is -2.07. The van der Waals surface area contributed by atoms with E-state index in [-0.39, 0.29) is 0 Å². The predicted molar refractivity (Wildman–Crippen MR) is 64.1 cm³/mol. The molecule has 0 fully saturated rings. The van der Waals surface area contributed by atoms with Crippen LogP contribution in [0.1, 0.15) is 18.3 Å². The van der Waals surface area contributed by atoms with Crippen LogP contribution in [0.2, 0.25) is 0 Å². The maximum atomic E-state index is 3.99. The number of rotatable bonds is 6. The molecule has 2 aromatic heterocycles. The van der Waals surface area contributed by atoms with Gasteiger partial charge in [0.15, 0.2) is 0 Å². The Morgan fingerprint density at radius 2 is 2.44 bits per heavy atom. The van der Waals surface area contributed by atoms with E-state index in [0.717, 1.165) is 26.1 Å². The summed E-state index contributed by atoms with van der Waals surface area (Å²) in [6, 6.07) is 4.25. The van der Waals surface area contributed by atoms with Crippen LogP contribution in [0.4, 0.5) is 0 Å². The van der Waals surface area contributed by atoms with Crippen molar-refractivity contribution in [3.63, 3.8) is 0 Å². The largest absolute Gasteiger partial charge is 0.351 e. The molecule has 2 heterocycles. The van der Waals surface area contributed by atoms with Crippen molar-refractivity contribution in [2.45, 2.75) is 26.4 Å². The third kappa shape index (κ3) is 2.73. The lowest BCUT2D eigenvalue weighted by molar-refractivity contribution is 0.626. The van der Waals surface area contributed by atoms with Crippen LogP contribution in [0.25, 0.3) is 0 Å². The zero-order chi connectivity index (χ0) is 11.2. The Bertz CT molecular complexity index is 402. The molecule has 0 aromatic carbocycles. The Kier molecular flexibility index (Phi) is 3.77. The molecule has 0 saturated carbocycles. The van der Waals surface area contributed by atoms with Gasteiger partial charge >= 0.3 is 0 Å². The van der Waals surface area contributed by atoms with E-state index in [1.165, 1.54) is 11.4 Å². The molecular formula is C12H18N4. The van der Waals surface area contributed by atoms with Crippen molar-refractivity contribution < 1.29 is 0 Å². The Hall–Kier alpha value is -1.55. The Morgan fingerprint density at radius 3 is 3.19 bits per heavy atom. The number of nitrogens with zero attached hydrogens (tertiary/aromatic N) is 2. The van der Waals surface area contributed by atoms with Crippen LogP contribution in [0, 0.1) is 0 Å². The molecule has 86 valence electrons. The van der Waals surface area contributed by atoms with Crippen LogP contribution in [0.3, 0.4) is 0 Å². The molecule has 0 atom stereocenters. The minimum absolute atomic E-state index is 0.926. The minimum Gasteiger partial charge on any atom is -0.351 e. The Morgan fingerprint density at radius 1 is 1.50 bits per heavy atom. The molecule has 0 aliphatic heterocycles. The van der Waals surface area contributed by atoms with Gasteiger partial charge in [-0.1, -0.05) is 0 Å². The van der Waals surface area contributed by atoms with Crippen LogP contribution in [-0.4, -0.2) is 21.1 Å². The second-order valence-electron chi connectivity index (χ2n) is 3.79. The van der Waals surface area contributed by atoms with Gasteiger partial charge in [0.05, 0.1) is 6.33 Å². The first-order chi connectivity index (χ1) is 7.90. The van der Waals surface area contributed by atoms with E-state index >= 15 is 0 Å². The van der Waals surface area contributed by atoms with Crippen molar-refractivity contribution in [1.82, 2.24) is 19.9 Å². The van der Waals surface area contributed by atoms with Crippen molar-refractivity contribution in [3.05, 3.63) is 42.2 Å². The molecule has 4 nitrogen and oxygen atoms in total. The number of aryl methyl sites for hydroxylation is 1. The number of nitrogens with one attached hydrogen (secondary N) is 2. The highest BCUT2D eigenvalue weighted by molar-refractivity contribution is 5.06. The number of H-pyrrole nitrogens is 1. The molecular weight excluding hydrogens is 200 g/mol. The van der Waals surface area contributed by atoms with Crippen molar-refractivity contribution in [1.29, 1.82) is 0 Å². The average Bonchev–Trinajstić information content (AvgIpc) is 2.95. The molecule has 0 aliphatic carbocycles. The van der Waals surface area contributed by atoms with Gasteiger partial charge in [-0.15, -0.1) is 0 Å². The summed E-state index contributed by atoms with van der Waals surface area (Å²) < 4.78 is 2.25. The number of hydrogen-bond acceptors (Lipinski definition) is 2. The van der Waals surface area contributed by atoms with Gasteiger partial charge in [0.1, 0.15) is 0 Å². The third-order valence-corrected chi connectivity index (χ3v) is 2.70. The molecule has 0 bridgehead atoms. The smallest absolute Gasteiger partial charge is 0.0921 e. The van der Waals surface area contributed by atoms with E-state index in [4.69, 9.17) is 0 Å². The molecule has 0 amide bonds. The lowest BCUT2D eigenvalue weighted by atomic mass is 10.3. The quantitative estimate of drug-likeness (QED) is 0.723. The SMILES string of the molecule is CCn1cccc1CNCCc1cnc[nH]1. The van der Waals surface area contributed by atoms with Crippen LogP contribution >= 0.6 is 0 Å². The molecule has 0 aliphatic rings. The second-order valence-corrected chi connectivity index (χ2v) is 3.79. The lowest BCUT2D eigenvalue weighted by Crippen LogP contribution is -2.18. The van der Waals surface area contributed by atoms with Gasteiger partial charge < -0.3 is 14.9 Å². The van der Waals surface area contributed by atoms with Gasteiger partial charge in [-0.2, -0.15) is 0 Å². The molecule has 2 aromatic rings. The zero-order valence-electron chi connectivity index (χ0n) is 9.61. The van der Waals surface area contributed by atoms with Gasteiger partial charge in [0, 0.05) is 49.8 Å². The van der Waals surface area contributed by atoms with E-state index in [9.17, 15) is 0 Å². The van der Waals surface area contributed by atoms with Crippen molar-refractivity contribution >= 4 is 0 Å². The fourth-order valence-corrected chi connectivity index (χ4v) is 1.78. The first-order valence-electron chi connectivity index (χ1n) is 5.72. The molecule has 0 saturated heterocycles. The molecule has 2 rings (SSSR count). The third-order valence-electron chi connectivity index (χ3n) is 2.70. The van der Waals surface area contributed by atoms with E-state index in [0.29, 0.717) is 0 Å². The highest BCUT2D eigenvalue weighted by Crippen LogP contribution is 2.01. The molecule has 0 unspecified atom stereocenters. The summed E-state index contributed by atoms with van der Waals surface area (Å²) in [6.45, 7) is 5.09. The van der Waals surface area contributed by atoms with Gasteiger partial charge in [-0.25, -0.2) is 4.98 Å². The summed E-state index contributed by atoms with van der Waals surface area (Å²) in [7, 11) is 0. The highest BCUT2D eigenvalue weighted by atomic mass is 15.0. The number of hydrogen-bond donors (Lipinski definition) is 2. The monoisotopic (exact) mass is 218 g/mol. The number of imidazole rings is 1. The van der Waals surface area contributed by atoms with Crippen molar-refractivity contribution in [2.75, 3.05) is 6.54 Å². The predicted octanol–water partition coefficient (Wildman–Crippen LogP) is 1.56. The number of aromatic nitrogens is 3. The van der Waals surface area contributed by atoms with Crippen LogP contribution in [0.5, 0.6) is 0 Å². The van der Waals surface area contributed by atoms with Crippen LogP contribution < -0.4 is 5.32 Å². The van der Waals surface area contributed by atoms with Crippen LogP contribution in [-0.2, 0) is 19.5 Å². The van der Waals surface area contributed by atoms with Crippen LogP contribution in [0.15, 0.2) is 30.9 Å². The molecule has 0 spiro atoms. The van der Waals surface area contributed by atoms with Gasteiger partial charge in [0.25, 0.3) is 0 Å². The molecule has 4 heteroatoms. The van der Waals surface area contributed by atoms with Crippen molar-refractivity contribution in [3.8, 4) is 0 Å². The fraction of sp³-hybridized carbons (Fsp3) is 0.417. The van der Waals surface area contributed by atoms with Gasteiger partial charge in [0.2, 0.25) is 0 Å². The molecule has 16 heavy (non-hydrogen) atoms. The summed E-state index contributed by atoms with van der Waals surface area (Å²) in [5, 5.41) is 3.43. The first kappa shape index (κ1) is 11.0. The van der Waals surface area contributed by atoms with Gasteiger partial charge in [-0.05, 0) is 19.1 Å². The van der Waals surface area contributed by atoms with E-state index in [1.54, 1.807) is 6.33 Å². The fourth-order valence-electron chi connectivity index (χ4n) is 1.78. The highest BCUT2D eigenvalue weighted by Gasteiger charge is 1.98.